The highest BCUT2D eigenvalue weighted by atomic mass is 19.3. The predicted octanol–water partition coefficient (Wildman–Crippen LogP) is 4.38. The number of nitrogens with one attached hydrogen (secondary N) is 1. The van der Waals surface area contributed by atoms with E-state index < -0.39 is 12.4 Å². The molecule has 4 aliphatic heterocycles. The maximum atomic E-state index is 16.2. The molecule has 6 heterocycles. The monoisotopic (exact) mass is 540 g/mol. The molecule has 4 fully saturated rings. The van der Waals surface area contributed by atoms with Crippen molar-refractivity contribution >= 4 is 16.7 Å². The molecule has 7 rings (SSSR count). The van der Waals surface area contributed by atoms with Gasteiger partial charge in [0.15, 0.2) is 5.82 Å². The van der Waals surface area contributed by atoms with Crippen molar-refractivity contribution in [2.45, 2.75) is 62.8 Å². The first kappa shape index (κ1) is 24.8. The Labute approximate surface area is 224 Å². The Morgan fingerprint density at radius 1 is 1.05 bits per heavy atom. The van der Waals surface area contributed by atoms with Crippen LogP contribution in [0, 0.1) is 5.82 Å². The third kappa shape index (κ3) is 4.45. The Morgan fingerprint density at radius 3 is 2.54 bits per heavy atom. The molecular formula is C28H31F3N6O2. The molecule has 1 N–H and O–H groups in total. The molecule has 0 spiro atoms. The van der Waals surface area contributed by atoms with Gasteiger partial charge in [-0.15, -0.1) is 0 Å². The minimum Gasteiger partial charge on any atom is -0.461 e. The number of ether oxygens (including phenoxy) is 2. The Balaban J connectivity index is 1.31. The number of nitrogens with zero attached hydrogens (tertiary/aromatic N) is 5. The van der Waals surface area contributed by atoms with E-state index in [2.05, 4.69) is 29.8 Å². The first-order chi connectivity index (χ1) is 19.0. The highest BCUT2D eigenvalue weighted by molar-refractivity contribution is 5.92. The van der Waals surface area contributed by atoms with Crippen molar-refractivity contribution in [3.63, 3.8) is 0 Å². The summed E-state index contributed by atoms with van der Waals surface area (Å²) in [6.45, 7) is 1.04. The summed E-state index contributed by atoms with van der Waals surface area (Å²) in [5.41, 5.74) is 0.0719. The van der Waals surface area contributed by atoms with Gasteiger partial charge in [-0.2, -0.15) is 18.7 Å². The molecule has 39 heavy (non-hydrogen) atoms. The van der Waals surface area contributed by atoms with E-state index in [1.54, 1.807) is 12.1 Å². The van der Waals surface area contributed by atoms with Crippen LogP contribution in [-0.4, -0.2) is 76.9 Å². The van der Waals surface area contributed by atoms with Gasteiger partial charge in [-0.05, 0) is 63.7 Å². The van der Waals surface area contributed by atoms with Gasteiger partial charge >= 0.3 is 12.6 Å². The van der Waals surface area contributed by atoms with Crippen molar-refractivity contribution in [1.82, 2.24) is 25.2 Å². The summed E-state index contributed by atoms with van der Waals surface area (Å²) in [6.07, 6.45) is 8.12. The lowest BCUT2D eigenvalue weighted by Gasteiger charge is -2.34. The largest absolute Gasteiger partial charge is 0.461 e. The van der Waals surface area contributed by atoms with E-state index >= 15 is 4.39 Å². The fourth-order valence-electron chi connectivity index (χ4n) is 7.01. The van der Waals surface area contributed by atoms with Crippen LogP contribution in [0.2, 0.25) is 0 Å². The van der Waals surface area contributed by atoms with Gasteiger partial charge < -0.3 is 19.7 Å². The lowest BCUT2D eigenvalue weighted by atomic mass is 9.95. The second kappa shape index (κ2) is 9.78. The lowest BCUT2D eigenvalue weighted by molar-refractivity contribution is -0.0494. The van der Waals surface area contributed by atoms with Crippen molar-refractivity contribution in [2.75, 3.05) is 37.7 Å². The molecule has 2 atom stereocenters. The standard InChI is InChI=1S/C28H31F3N6O2/c29-22-23(19-5-1-2-6-21(19)39-26(30)31)32-13-20-24(22)34-27(38-16-28-9-3-11-37(28)12-4-10-28)35-25(20)36-14-17-7-8-18(15-36)33-17/h1-2,5-6,13,17-18,26,33H,3-4,7-12,14-16H2/t17-,18+. The van der Waals surface area contributed by atoms with Gasteiger partial charge in [0.25, 0.3) is 0 Å². The number of hydrogen-bond donors (Lipinski definition) is 1. The number of hydrogen-bond acceptors (Lipinski definition) is 8. The summed E-state index contributed by atoms with van der Waals surface area (Å²) in [5, 5.41) is 4.09. The van der Waals surface area contributed by atoms with Gasteiger partial charge in [-0.3, -0.25) is 9.88 Å². The second-order valence-corrected chi connectivity index (χ2v) is 11.1. The van der Waals surface area contributed by atoms with Gasteiger partial charge in [0.2, 0.25) is 0 Å². The van der Waals surface area contributed by atoms with Gasteiger partial charge in [-0.25, -0.2) is 4.39 Å². The molecule has 0 aliphatic carbocycles. The SMILES string of the molecule is Fc1c(-c2ccccc2OC(F)F)ncc2c(N3C[C@H]4CC[C@@H](C3)N4)nc(OCC34CCCN3CCC4)nc12. The predicted molar refractivity (Wildman–Crippen MR) is 140 cm³/mol. The van der Waals surface area contributed by atoms with Crippen LogP contribution in [0.25, 0.3) is 22.2 Å². The Morgan fingerprint density at radius 2 is 1.79 bits per heavy atom. The van der Waals surface area contributed by atoms with E-state index in [0.717, 1.165) is 64.7 Å². The van der Waals surface area contributed by atoms with Crippen LogP contribution in [-0.2, 0) is 0 Å². The Kier molecular flexibility index (Phi) is 6.23. The van der Waals surface area contributed by atoms with Crippen molar-refractivity contribution in [1.29, 1.82) is 0 Å². The first-order valence-electron chi connectivity index (χ1n) is 13.8. The molecule has 206 valence electrons. The number of fused-ring (bicyclic) bond motifs is 4. The fourth-order valence-corrected chi connectivity index (χ4v) is 7.01. The lowest BCUT2D eigenvalue weighted by Crippen LogP contribution is -2.51. The molecule has 2 aromatic heterocycles. The van der Waals surface area contributed by atoms with Gasteiger partial charge in [0.1, 0.15) is 29.4 Å². The second-order valence-electron chi connectivity index (χ2n) is 11.1. The molecule has 8 nitrogen and oxygen atoms in total. The van der Waals surface area contributed by atoms with E-state index in [1.807, 2.05) is 0 Å². The molecular weight excluding hydrogens is 509 g/mol. The number of rotatable bonds is 7. The number of aromatic nitrogens is 3. The number of piperazine rings is 1. The number of para-hydroxylation sites is 1. The van der Waals surface area contributed by atoms with Crippen LogP contribution < -0.4 is 19.7 Å². The minimum absolute atomic E-state index is 0.0138. The average Bonchev–Trinajstić information content (AvgIpc) is 3.61. The van der Waals surface area contributed by atoms with Crippen LogP contribution in [0.4, 0.5) is 19.0 Å². The summed E-state index contributed by atoms with van der Waals surface area (Å²) in [5.74, 6) is -0.272. The minimum atomic E-state index is -3.04. The fraction of sp³-hybridized carbons (Fsp3) is 0.536. The smallest absolute Gasteiger partial charge is 0.387 e. The molecule has 0 unspecified atom stereocenters. The number of pyridine rings is 1. The van der Waals surface area contributed by atoms with Crippen molar-refractivity contribution in [3.05, 3.63) is 36.3 Å². The molecule has 11 heteroatoms. The maximum absolute atomic E-state index is 16.2. The highest BCUT2D eigenvalue weighted by Crippen LogP contribution is 2.40. The molecule has 2 bridgehead atoms. The molecule has 0 radical (unpaired) electrons. The molecule has 0 amide bonds. The van der Waals surface area contributed by atoms with Crippen LogP contribution >= 0.6 is 0 Å². The number of alkyl halides is 2. The van der Waals surface area contributed by atoms with E-state index in [9.17, 15) is 8.78 Å². The molecule has 3 aromatic rings. The summed E-state index contributed by atoms with van der Waals surface area (Å²) in [4.78, 5) is 18.4. The normalized spacial score (nSPS) is 24.1. The van der Waals surface area contributed by atoms with Gasteiger partial charge in [0, 0.05) is 36.9 Å². The third-order valence-electron chi connectivity index (χ3n) is 8.80. The van der Waals surface area contributed by atoms with Crippen LogP contribution in [0.5, 0.6) is 11.8 Å². The Bertz CT molecular complexity index is 1370. The van der Waals surface area contributed by atoms with Crippen LogP contribution in [0.15, 0.2) is 30.5 Å². The van der Waals surface area contributed by atoms with Crippen LogP contribution in [0.1, 0.15) is 38.5 Å². The molecule has 0 saturated carbocycles. The average molecular weight is 541 g/mol. The van der Waals surface area contributed by atoms with E-state index in [4.69, 9.17) is 9.72 Å². The van der Waals surface area contributed by atoms with Gasteiger partial charge in [0.05, 0.1) is 10.9 Å². The zero-order valence-corrected chi connectivity index (χ0v) is 21.6. The van der Waals surface area contributed by atoms with E-state index in [-0.39, 0.29) is 34.1 Å². The topological polar surface area (TPSA) is 75.6 Å². The summed E-state index contributed by atoms with van der Waals surface area (Å²) < 4.78 is 53.3. The van der Waals surface area contributed by atoms with Crippen molar-refractivity contribution < 1.29 is 22.6 Å². The quantitative estimate of drug-likeness (QED) is 0.474. The first-order valence-corrected chi connectivity index (χ1v) is 13.8. The third-order valence-corrected chi connectivity index (χ3v) is 8.80. The van der Waals surface area contributed by atoms with E-state index in [1.165, 1.54) is 18.3 Å². The number of anilines is 1. The Hall–Kier alpha value is -3.18. The van der Waals surface area contributed by atoms with Crippen molar-refractivity contribution in [3.8, 4) is 23.0 Å². The molecule has 1 aromatic carbocycles. The molecule has 4 aliphatic rings. The molecule has 4 saturated heterocycles. The van der Waals surface area contributed by atoms with E-state index in [0.29, 0.717) is 29.9 Å². The van der Waals surface area contributed by atoms with Crippen molar-refractivity contribution in [2.24, 2.45) is 0 Å². The highest BCUT2D eigenvalue weighted by Gasteiger charge is 2.45. The number of benzene rings is 1. The zero-order chi connectivity index (χ0) is 26.6. The summed E-state index contributed by atoms with van der Waals surface area (Å²) >= 11 is 0. The summed E-state index contributed by atoms with van der Waals surface area (Å²) in [7, 11) is 0. The number of halogens is 3. The van der Waals surface area contributed by atoms with Gasteiger partial charge in [-0.1, -0.05) is 12.1 Å². The van der Waals surface area contributed by atoms with Crippen LogP contribution in [0.3, 0.4) is 0 Å². The zero-order valence-electron chi connectivity index (χ0n) is 21.6. The maximum Gasteiger partial charge on any atom is 0.387 e. The summed E-state index contributed by atoms with van der Waals surface area (Å²) in [6, 6.07) is 6.89.